The van der Waals surface area contributed by atoms with E-state index in [1.165, 1.54) is 31.3 Å². The molecular weight excluding hydrogens is 427 g/mol. The maximum atomic E-state index is 14.0. The molecule has 8 heteroatoms. The molecule has 168 valence electrons. The summed E-state index contributed by atoms with van der Waals surface area (Å²) in [5.41, 5.74) is 1.04. The van der Waals surface area contributed by atoms with Gasteiger partial charge in [-0.2, -0.15) is 0 Å². The van der Waals surface area contributed by atoms with Gasteiger partial charge in [0.25, 0.3) is 11.7 Å². The van der Waals surface area contributed by atoms with Crippen LogP contribution in [0.5, 0.6) is 11.5 Å². The number of ether oxygens (including phenoxy) is 2. The van der Waals surface area contributed by atoms with Crippen LogP contribution in [0.3, 0.4) is 0 Å². The summed E-state index contributed by atoms with van der Waals surface area (Å²) in [7, 11) is 2.84. The molecule has 0 saturated carbocycles. The van der Waals surface area contributed by atoms with Crippen LogP contribution in [0.2, 0.25) is 0 Å². The average molecular weight is 448 g/mol. The second kappa shape index (κ2) is 9.12. The number of rotatable bonds is 6. The van der Waals surface area contributed by atoms with Crippen molar-refractivity contribution in [1.82, 2.24) is 9.88 Å². The van der Waals surface area contributed by atoms with Crippen molar-refractivity contribution in [2.24, 2.45) is 0 Å². The molecule has 1 unspecified atom stereocenters. The van der Waals surface area contributed by atoms with Crippen molar-refractivity contribution < 1.29 is 28.6 Å². The molecule has 1 saturated heterocycles. The number of aliphatic hydroxyl groups excluding tert-OH is 1. The Balaban J connectivity index is 1.95. The van der Waals surface area contributed by atoms with Gasteiger partial charge in [-0.3, -0.25) is 14.6 Å². The number of benzene rings is 2. The summed E-state index contributed by atoms with van der Waals surface area (Å²) < 4.78 is 24.8. The summed E-state index contributed by atoms with van der Waals surface area (Å²) in [5.74, 6) is -2.24. The Morgan fingerprint density at radius 1 is 1.03 bits per heavy atom. The predicted octanol–water partition coefficient (Wildman–Crippen LogP) is 3.86. The predicted molar refractivity (Wildman–Crippen MR) is 118 cm³/mol. The Hall–Kier alpha value is -4.20. The second-order valence-electron chi connectivity index (χ2n) is 7.37. The maximum absolute atomic E-state index is 14.0. The largest absolute Gasteiger partial charge is 0.507 e. The van der Waals surface area contributed by atoms with Gasteiger partial charge in [-0.15, -0.1) is 0 Å². The summed E-state index contributed by atoms with van der Waals surface area (Å²) in [6.45, 7) is 0.0902. The van der Waals surface area contributed by atoms with Crippen molar-refractivity contribution >= 4 is 17.4 Å². The minimum Gasteiger partial charge on any atom is -0.507 e. The van der Waals surface area contributed by atoms with Crippen molar-refractivity contribution in [3.63, 3.8) is 0 Å². The van der Waals surface area contributed by atoms with Gasteiger partial charge in [0.15, 0.2) is 0 Å². The molecule has 2 heterocycles. The smallest absolute Gasteiger partial charge is 0.295 e. The lowest BCUT2D eigenvalue weighted by Crippen LogP contribution is -2.29. The molecule has 1 aliphatic rings. The van der Waals surface area contributed by atoms with E-state index in [0.29, 0.717) is 11.3 Å². The number of aliphatic hydroxyl groups is 1. The molecule has 0 aliphatic carbocycles. The van der Waals surface area contributed by atoms with Crippen LogP contribution in [-0.4, -0.2) is 40.9 Å². The highest BCUT2D eigenvalue weighted by Gasteiger charge is 2.47. The number of para-hydroxylation sites is 1. The van der Waals surface area contributed by atoms with Crippen LogP contribution < -0.4 is 9.47 Å². The number of Topliss-reactive ketones (excluding diaryl/α,β-unsaturated/α-hetero) is 1. The first-order valence-electron chi connectivity index (χ1n) is 10.1. The van der Waals surface area contributed by atoms with Crippen LogP contribution in [0.4, 0.5) is 4.39 Å². The number of ketones is 1. The third-order valence-corrected chi connectivity index (χ3v) is 5.49. The van der Waals surface area contributed by atoms with Crippen molar-refractivity contribution in [1.29, 1.82) is 0 Å². The van der Waals surface area contributed by atoms with Crippen molar-refractivity contribution in [3.8, 4) is 11.5 Å². The Morgan fingerprint density at radius 2 is 1.73 bits per heavy atom. The Labute approximate surface area is 189 Å². The molecule has 0 bridgehead atoms. The first kappa shape index (κ1) is 22.0. The molecule has 7 nitrogen and oxygen atoms in total. The summed E-state index contributed by atoms with van der Waals surface area (Å²) >= 11 is 0. The number of halogens is 1. The Morgan fingerprint density at radius 3 is 2.42 bits per heavy atom. The van der Waals surface area contributed by atoms with Gasteiger partial charge in [0.1, 0.15) is 23.1 Å². The molecule has 1 amide bonds. The number of aromatic nitrogens is 1. The molecule has 0 radical (unpaired) electrons. The standard InChI is InChI=1S/C25H21FN2O5/c1-32-19-6-4-3-5-17(19)22-21(23(29)18-13-16(26)7-8-20(18)33-2)24(30)25(31)28(22)14-15-9-11-27-12-10-15/h3-13,22,29H,14H2,1-2H3/b23-21+. The summed E-state index contributed by atoms with van der Waals surface area (Å²) in [6, 6.07) is 13.0. The van der Waals surface area contributed by atoms with Crippen LogP contribution >= 0.6 is 0 Å². The zero-order valence-electron chi connectivity index (χ0n) is 18.0. The van der Waals surface area contributed by atoms with E-state index in [4.69, 9.17) is 9.47 Å². The van der Waals surface area contributed by atoms with E-state index < -0.39 is 29.3 Å². The minimum absolute atomic E-state index is 0.0284. The van der Waals surface area contributed by atoms with Crippen molar-refractivity contribution in [2.75, 3.05) is 14.2 Å². The Kier molecular flexibility index (Phi) is 6.08. The summed E-state index contributed by atoms with van der Waals surface area (Å²) in [6.07, 6.45) is 3.17. The fourth-order valence-electron chi connectivity index (χ4n) is 3.95. The van der Waals surface area contributed by atoms with E-state index in [1.54, 1.807) is 48.8 Å². The molecule has 33 heavy (non-hydrogen) atoms. The average Bonchev–Trinajstić information content (AvgIpc) is 3.09. The lowest BCUT2D eigenvalue weighted by molar-refractivity contribution is -0.140. The zero-order valence-corrected chi connectivity index (χ0v) is 18.0. The van der Waals surface area contributed by atoms with Crippen LogP contribution in [0.25, 0.3) is 5.76 Å². The molecular formula is C25H21FN2O5. The van der Waals surface area contributed by atoms with Crippen molar-refractivity contribution in [3.05, 3.63) is 95.1 Å². The number of nitrogens with zero attached hydrogens (tertiary/aromatic N) is 2. The number of pyridine rings is 1. The monoisotopic (exact) mass is 448 g/mol. The molecule has 2 aromatic carbocycles. The molecule has 1 N–H and O–H groups in total. The van der Waals surface area contributed by atoms with Gasteiger partial charge >= 0.3 is 0 Å². The number of carbonyl (C=O) groups is 2. The fourth-order valence-corrected chi connectivity index (χ4v) is 3.95. The summed E-state index contributed by atoms with van der Waals surface area (Å²) in [4.78, 5) is 31.7. The van der Waals surface area contributed by atoms with Crippen LogP contribution in [0.1, 0.15) is 22.7 Å². The van der Waals surface area contributed by atoms with Gasteiger partial charge in [0.05, 0.1) is 31.4 Å². The molecule has 1 aliphatic heterocycles. The van der Waals surface area contributed by atoms with Gasteiger partial charge in [-0.05, 0) is 42.0 Å². The molecule has 3 aromatic rings. The number of likely N-dealkylation sites (tertiary alicyclic amines) is 1. The maximum Gasteiger partial charge on any atom is 0.295 e. The summed E-state index contributed by atoms with van der Waals surface area (Å²) in [5, 5.41) is 11.2. The van der Waals surface area contributed by atoms with Gasteiger partial charge < -0.3 is 19.5 Å². The fraction of sp³-hybridized carbons (Fsp3) is 0.160. The van der Waals surface area contributed by atoms with E-state index in [0.717, 1.165) is 11.6 Å². The minimum atomic E-state index is -0.970. The van der Waals surface area contributed by atoms with Crippen LogP contribution in [-0.2, 0) is 16.1 Å². The molecule has 4 rings (SSSR count). The lowest BCUT2D eigenvalue weighted by atomic mass is 9.94. The van der Waals surface area contributed by atoms with Crippen molar-refractivity contribution in [2.45, 2.75) is 12.6 Å². The van der Waals surface area contributed by atoms with Gasteiger partial charge in [0, 0.05) is 24.5 Å². The quantitative estimate of drug-likeness (QED) is 0.350. The molecule has 1 fully saturated rings. The van der Waals surface area contributed by atoms with E-state index in [1.807, 2.05) is 0 Å². The van der Waals surface area contributed by atoms with E-state index in [2.05, 4.69) is 4.98 Å². The molecule has 1 atom stereocenters. The van der Waals surface area contributed by atoms with Gasteiger partial charge in [-0.25, -0.2) is 4.39 Å². The normalized spacial score (nSPS) is 17.3. The highest BCUT2D eigenvalue weighted by Crippen LogP contribution is 2.44. The van der Waals surface area contributed by atoms with E-state index >= 15 is 0 Å². The highest BCUT2D eigenvalue weighted by molar-refractivity contribution is 6.46. The van der Waals surface area contributed by atoms with Crippen LogP contribution in [0, 0.1) is 5.82 Å². The van der Waals surface area contributed by atoms with E-state index in [-0.39, 0.29) is 23.4 Å². The first-order valence-corrected chi connectivity index (χ1v) is 10.1. The lowest BCUT2D eigenvalue weighted by Gasteiger charge is -2.26. The van der Waals surface area contributed by atoms with E-state index in [9.17, 15) is 19.1 Å². The second-order valence-corrected chi connectivity index (χ2v) is 7.37. The SMILES string of the molecule is COc1ccc(F)cc1/C(O)=C1\C(=O)C(=O)N(Cc2ccncc2)C1c1ccccc1OC. The number of methoxy groups -OCH3 is 2. The molecule has 1 aromatic heterocycles. The topological polar surface area (TPSA) is 89.0 Å². The third kappa shape index (κ3) is 4.03. The zero-order chi connectivity index (χ0) is 23.5. The number of carbonyl (C=O) groups excluding carboxylic acids is 2. The third-order valence-electron chi connectivity index (χ3n) is 5.49. The molecule has 0 spiro atoms. The highest BCUT2D eigenvalue weighted by atomic mass is 19.1. The van der Waals surface area contributed by atoms with Gasteiger partial charge in [-0.1, -0.05) is 18.2 Å². The Bertz CT molecular complexity index is 1240. The number of hydrogen-bond donors (Lipinski definition) is 1. The van der Waals surface area contributed by atoms with Crippen LogP contribution in [0.15, 0.2) is 72.6 Å². The number of amides is 1. The number of hydrogen-bond acceptors (Lipinski definition) is 6. The first-order chi connectivity index (χ1) is 16.0. The van der Waals surface area contributed by atoms with Gasteiger partial charge in [0.2, 0.25) is 0 Å².